The second kappa shape index (κ2) is 6.76. The molecule has 1 aliphatic heterocycles. The Balaban J connectivity index is 1.63. The number of para-hydroxylation sites is 1. The maximum absolute atomic E-state index is 10.9. The largest absolute Gasteiger partial charge is 0.481 e. The number of hydrogen-bond donors (Lipinski definition) is 1. The third-order valence-electron chi connectivity index (χ3n) is 3.50. The number of aliphatic carboxylic acids is 1. The van der Waals surface area contributed by atoms with E-state index in [2.05, 4.69) is 11.1 Å². The molecule has 2 aromatic rings. The molecule has 5 nitrogen and oxygen atoms in total. The van der Waals surface area contributed by atoms with Crippen molar-refractivity contribution in [2.45, 2.75) is 49.0 Å². The fourth-order valence-corrected chi connectivity index (χ4v) is 4.82. The molecule has 7 heteroatoms. The van der Waals surface area contributed by atoms with E-state index < -0.39 is 11.8 Å². The minimum Gasteiger partial charge on any atom is -0.481 e. The second-order valence-corrected chi connectivity index (χ2v) is 8.27. The van der Waals surface area contributed by atoms with Gasteiger partial charge in [0.1, 0.15) is 0 Å². The summed E-state index contributed by atoms with van der Waals surface area (Å²) in [5.41, 5.74) is 1.01. The fraction of sp³-hybridized carbons (Fsp3) is 0.500. The number of rotatable bonds is 5. The zero-order valence-electron chi connectivity index (χ0n) is 13.0. The van der Waals surface area contributed by atoms with Gasteiger partial charge in [0.15, 0.2) is 10.1 Å². The monoisotopic (exact) mass is 353 g/mol. The summed E-state index contributed by atoms with van der Waals surface area (Å²) in [6.45, 7) is 3.66. The third kappa shape index (κ3) is 4.44. The molecule has 1 aliphatic rings. The fourth-order valence-electron chi connectivity index (χ4n) is 2.72. The number of aromatic nitrogens is 1. The van der Waals surface area contributed by atoms with Crippen molar-refractivity contribution in [2.24, 2.45) is 0 Å². The second-order valence-electron chi connectivity index (χ2n) is 5.97. The first-order chi connectivity index (χ1) is 10.9. The lowest BCUT2D eigenvalue weighted by Crippen LogP contribution is -2.46. The van der Waals surface area contributed by atoms with Crippen LogP contribution in [-0.4, -0.2) is 39.8 Å². The summed E-state index contributed by atoms with van der Waals surface area (Å²) in [4.78, 5) is 15.5. The molecule has 0 amide bonds. The molecule has 23 heavy (non-hydrogen) atoms. The van der Waals surface area contributed by atoms with Crippen molar-refractivity contribution in [1.82, 2.24) is 4.98 Å². The van der Waals surface area contributed by atoms with Crippen LogP contribution >= 0.6 is 23.1 Å². The summed E-state index contributed by atoms with van der Waals surface area (Å²) in [5.74, 6) is -0.856. The zero-order chi connectivity index (χ0) is 16.4. The van der Waals surface area contributed by atoms with Gasteiger partial charge in [0.2, 0.25) is 0 Å². The highest BCUT2D eigenvalue weighted by atomic mass is 32.2. The normalized spacial score (nSPS) is 23.9. The number of carboxylic acid groups (broad SMARTS) is 1. The van der Waals surface area contributed by atoms with Gasteiger partial charge in [-0.05, 0) is 26.0 Å². The summed E-state index contributed by atoms with van der Waals surface area (Å²) in [6, 6.07) is 8.06. The number of thioether (sulfide) groups is 1. The number of fused-ring (bicyclic) bond motifs is 1. The number of benzene rings is 1. The first-order valence-corrected chi connectivity index (χ1v) is 9.27. The summed E-state index contributed by atoms with van der Waals surface area (Å²) in [7, 11) is 0. The molecule has 0 bridgehead atoms. The van der Waals surface area contributed by atoms with E-state index in [-0.39, 0.29) is 18.6 Å². The van der Waals surface area contributed by atoms with Crippen LogP contribution in [-0.2, 0) is 14.3 Å². The minimum absolute atomic E-state index is 0.00902. The molecule has 0 aliphatic carbocycles. The first-order valence-electron chi connectivity index (χ1n) is 7.47. The Morgan fingerprint density at radius 3 is 2.87 bits per heavy atom. The van der Waals surface area contributed by atoms with Gasteiger partial charge >= 0.3 is 5.97 Å². The van der Waals surface area contributed by atoms with Crippen molar-refractivity contribution in [3.63, 3.8) is 0 Å². The first kappa shape index (κ1) is 16.7. The lowest BCUT2D eigenvalue weighted by Gasteiger charge is -2.40. The average molecular weight is 353 g/mol. The van der Waals surface area contributed by atoms with Crippen LogP contribution in [0.15, 0.2) is 28.6 Å². The van der Waals surface area contributed by atoms with Crippen LogP contribution < -0.4 is 0 Å². The molecule has 0 saturated carbocycles. The van der Waals surface area contributed by atoms with Crippen LogP contribution in [0.5, 0.6) is 0 Å². The van der Waals surface area contributed by atoms with E-state index in [1.54, 1.807) is 23.1 Å². The quantitative estimate of drug-likeness (QED) is 0.825. The Morgan fingerprint density at radius 2 is 2.13 bits per heavy atom. The number of nitrogens with zero attached hydrogens (tertiary/aromatic N) is 1. The molecule has 0 radical (unpaired) electrons. The van der Waals surface area contributed by atoms with Crippen LogP contribution in [0, 0.1) is 0 Å². The Hall–Kier alpha value is -1.15. The van der Waals surface area contributed by atoms with E-state index in [0.29, 0.717) is 6.42 Å². The lowest BCUT2D eigenvalue weighted by molar-refractivity contribution is -0.295. The predicted molar refractivity (Wildman–Crippen MR) is 91.0 cm³/mol. The van der Waals surface area contributed by atoms with Gasteiger partial charge in [-0.15, -0.1) is 11.3 Å². The maximum Gasteiger partial charge on any atom is 0.305 e. The summed E-state index contributed by atoms with van der Waals surface area (Å²) < 4.78 is 13.8. The van der Waals surface area contributed by atoms with Gasteiger partial charge in [0.25, 0.3) is 0 Å². The van der Waals surface area contributed by atoms with Gasteiger partial charge in [-0.1, -0.05) is 23.9 Å². The molecule has 1 N–H and O–H groups in total. The molecule has 3 rings (SSSR count). The van der Waals surface area contributed by atoms with E-state index in [0.717, 1.165) is 15.6 Å². The molecular weight excluding hydrogens is 334 g/mol. The van der Waals surface area contributed by atoms with E-state index in [9.17, 15) is 4.79 Å². The van der Waals surface area contributed by atoms with Gasteiger partial charge < -0.3 is 14.6 Å². The van der Waals surface area contributed by atoms with Gasteiger partial charge in [0, 0.05) is 12.2 Å². The molecule has 1 aromatic carbocycles. The van der Waals surface area contributed by atoms with Gasteiger partial charge in [-0.3, -0.25) is 4.79 Å². The number of hydrogen-bond acceptors (Lipinski definition) is 6. The smallest absolute Gasteiger partial charge is 0.305 e. The minimum atomic E-state index is -0.842. The Kier molecular flexibility index (Phi) is 4.91. The SMILES string of the molecule is CC1(C)OC(CSc2nc3ccccc3s2)C[C@@H](CC(=O)O)O1. The third-order valence-corrected chi connectivity index (χ3v) is 5.81. The molecule has 124 valence electrons. The summed E-state index contributed by atoms with van der Waals surface area (Å²) in [6.07, 6.45) is 0.250. The van der Waals surface area contributed by atoms with Crippen molar-refractivity contribution in [1.29, 1.82) is 0 Å². The van der Waals surface area contributed by atoms with Gasteiger partial charge in [0.05, 0.1) is 28.8 Å². The van der Waals surface area contributed by atoms with Gasteiger partial charge in [-0.25, -0.2) is 4.98 Å². The van der Waals surface area contributed by atoms with Crippen molar-refractivity contribution < 1.29 is 19.4 Å². The summed E-state index contributed by atoms with van der Waals surface area (Å²) in [5, 5.41) is 8.98. The number of thiazole rings is 1. The molecule has 1 saturated heterocycles. The van der Waals surface area contributed by atoms with Crippen molar-refractivity contribution in [3.8, 4) is 0 Å². The zero-order valence-corrected chi connectivity index (χ0v) is 14.7. The topological polar surface area (TPSA) is 68.7 Å². The van der Waals surface area contributed by atoms with Crippen molar-refractivity contribution in [3.05, 3.63) is 24.3 Å². The lowest BCUT2D eigenvalue weighted by atomic mass is 10.1. The highest BCUT2D eigenvalue weighted by Gasteiger charge is 2.36. The van der Waals surface area contributed by atoms with Crippen LogP contribution in [0.2, 0.25) is 0 Å². The highest BCUT2D eigenvalue weighted by molar-refractivity contribution is 8.01. The molecule has 2 heterocycles. The Labute approximate surface area is 143 Å². The number of carboxylic acids is 1. The summed E-state index contributed by atoms with van der Waals surface area (Å²) >= 11 is 3.32. The molecule has 2 atom stereocenters. The van der Waals surface area contributed by atoms with E-state index in [1.165, 1.54) is 4.70 Å². The number of ether oxygens (including phenoxy) is 2. The molecule has 1 unspecified atom stereocenters. The van der Waals surface area contributed by atoms with Gasteiger partial charge in [-0.2, -0.15) is 0 Å². The maximum atomic E-state index is 10.9. The van der Waals surface area contributed by atoms with Crippen molar-refractivity contribution in [2.75, 3.05) is 5.75 Å². The van der Waals surface area contributed by atoms with Crippen LogP contribution in [0.1, 0.15) is 26.7 Å². The molecular formula is C16H19NO4S2. The van der Waals surface area contributed by atoms with Crippen LogP contribution in [0.3, 0.4) is 0 Å². The molecule has 1 fully saturated rings. The average Bonchev–Trinajstić information content (AvgIpc) is 2.85. The number of carbonyl (C=O) groups is 1. The standard InChI is InChI=1S/C16H19NO4S2/c1-16(2)20-10(8-14(18)19)7-11(21-16)9-22-15-17-12-5-3-4-6-13(12)23-15/h3-6,10-11H,7-9H2,1-2H3,(H,18,19)/t10-,11?/m0/s1. The van der Waals surface area contributed by atoms with E-state index in [1.807, 2.05) is 32.0 Å². The Bertz CT molecular complexity index is 667. The molecule has 0 spiro atoms. The van der Waals surface area contributed by atoms with Crippen LogP contribution in [0.25, 0.3) is 10.2 Å². The molecule has 1 aromatic heterocycles. The Morgan fingerprint density at radius 1 is 1.39 bits per heavy atom. The van der Waals surface area contributed by atoms with Crippen molar-refractivity contribution >= 4 is 39.3 Å². The predicted octanol–water partition coefficient (Wildman–Crippen LogP) is 3.77. The van der Waals surface area contributed by atoms with Crippen LogP contribution in [0.4, 0.5) is 0 Å². The highest BCUT2D eigenvalue weighted by Crippen LogP contribution is 2.34. The van der Waals surface area contributed by atoms with E-state index >= 15 is 0 Å². The van der Waals surface area contributed by atoms with E-state index in [4.69, 9.17) is 14.6 Å².